The lowest BCUT2D eigenvalue weighted by atomic mass is 10.1. The molecule has 0 heterocycles. The molecule has 1 unspecified atom stereocenters. The minimum atomic E-state index is -3.18. The Hall–Kier alpha value is -1.97. The summed E-state index contributed by atoms with van der Waals surface area (Å²) in [7, 11) is 0. The van der Waals surface area contributed by atoms with E-state index in [4.69, 9.17) is 16.3 Å². The van der Waals surface area contributed by atoms with Crippen LogP contribution in [0.5, 0.6) is 5.75 Å². The van der Waals surface area contributed by atoms with Crippen molar-refractivity contribution in [2.75, 3.05) is 0 Å². The van der Waals surface area contributed by atoms with Gasteiger partial charge in [0.2, 0.25) is 0 Å². The zero-order valence-electron chi connectivity index (χ0n) is 14.1. The maximum Gasteiger partial charge on any atom is 0.123 e. The standard InChI is InChI=1S/C12H11O2PS.C8H11N/c13-15(16,12-9-5-2-6-10-12)14-11-7-3-1-4-8-11;1-7(9)8-5-3-2-4-6-8/h1-10H,(H,13,16);2-7H,9H2,1H3/t;7-/m.0/s1. The summed E-state index contributed by atoms with van der Waals surface area (Å²) in [5, 5.41) is 0.550. The van der Waals surface area contributed by atoms with Gasteiger partial charge in [0.1, 0.15) is 11.8 Å². The second-order valence-electron chi connectivity index (χ2n) is 5.55. The molecule has 5 heteroatoms. The monoisotopic (exact) mass is 371 g/mol. The van der Waals surface area contributed by atoms with Crippen molar-refractivity contribution < 1.29 is 15.2 Å². The normalized spacial score (nSPS) is 13.7. The topological polar surface area (TPSA) is 59.9 Å². The number of hydrogen-bond acceptors (Lipinski definition) is 3. The second-order valence-corrected chi connectivity index (χ2v) is 8.69. The summed E-state index contributed by atoms with van der Waals surface area (Å²) in [6, 6.07) is 28.5. The smallest absolute Gasteiger partial charge is 0.123 e. The van der Waals surface area contributed by atoms with E-state index in [9.17, 15) is 4.89 Å². The average molecular weight is 371 g/mol. The molecular formula is C20H22NO2PS. The van der Waals surface area contributed by atoms with Crippen molar-refractivity contribution in [3.63, 3.8) is 0 Å². The van der Waals surface area contributed by atoms with E-state index < -0.39 is 6.49 Å². The summed E-state index contributed by atoms with van der Waals surface area (Å²) in [6.07, 6.45) is 0. The van der Waals surface area contributed by atoms with E-state index >= 15 is 0 Å². The van der Waals surface area contributed by atoms with Crippen LogP contribution in [-0.4, -0.2) is 0 Å². The Morgan fingerprint density at radius 3 is 1.72 bits per heavy atom. The maximum absolute atomic E-state index is 12.2. The van der Waals surface area contributed by atoms with Crippen molar-refractivity contribution in [3.8, 4) is 5.75 Å². The van der Waals surface area contributed by atoms with Gasteiger partial charge in [-0.15, -0.1) is 0 Å². The van der Waals surface area contributed by atoms with Crippen molar-refractivity contribution in [1.82, 2.24) is 0 Å². The first kappa shape index (κ1) is 19.4. The van der Waals surface area contributed by atoms with Gasteiger partial charge in [0, 0.05) is 10.9 Å². The van der Waals surface area contributed by atoms with E-state index in [1.807, 2.05) is 42.5 Å². The number of para-hydroxylation sites is 1. The van der Waals surface area contributed by atoms with E-state index in [0.717, 1.165) is 0 Å². The van der Waals surface area contributed by atoms with Gasteiger partial charge < -0.3 is 15.2 Å². The van der Waals surface area contributed by atoms with E-state index in [2.05, 4.69) is 24.8 Å². The number of hydrogen-bond donors (Lipinski definition) is 1. The summed E-state index contributed by atoms with van der Waals surface area (Å²) in [5.74, 6) is 0.532. The average Bonchev–Trinajstić information content (AvgIpc) is 2.64. The van der Waals surface area contributed by atoms with E-state index in [1.54, 1.807) is 36.4 Å². The van der Waals surface area contributed by atoms with Gasteiger partial charge >= 0.3 is 0 Å². The Morgan fingerprint density at radius 1 is 0.840 bits per heavy atom. The number of rotatable bonds is 4. The predicted octanol–water partition coefficient (Wildman–Crippen LogP) is 3.05. The first-order valence-electron chi connectivity index (χ1n) is 7.98. The molecule has 3 nitrogen and oxygen atoms in total. The zero-order chi connectivity index (χ0) is 18.1. The van der Waals surface area contributed by atoms with E-state index in [1.165, 1.54) is 5.56 Å². The SMILES string of the molecule is C[C@H]([NH3+])c1ccccc1.[O-]P(=S)(Oc1ccccc1)c1ccccc1. The minimum absolute atomic E-state index is 0.409. The van der Waals surface area contributed by atoms with Gasteiger partial charge in [0.25, 0.3) is 0 Å². The molecule has 0 radical (unpaired) electrons. The largest absolute Gasteiger partial charge is 0.788 e. The zero-order valence-corrected chi connectivity index (χ0v) is 15.8. The van der Waals surface area contributed by atoms with Crippen molar-refractivity contribution in [3.05, 3.63) is 96.6 Å². The fraction of sp³-hybridized carbons (Fsp3) is 0.100. The number of quaternary nitrogens is 1. The fourth-order valence-electron chi connectivity index (χ4n) is 2.06. The molecule has 0 aromatic heterocycles. The quantitative estimate of drug-likeness (QED) is 0.717. The summed E-state index contributed by atoms with van der Waals surface area (Å²) in [4.78, 5) is 12.2. The first-order valence-corrected chi connectivity index (χ1v) is 10.6. The third-order valence-electron chi connectivity index (χ3n) is 3.41. The highest BCUT2D eigenvalue weighted by Gasteiger charge is 2.07. The third-order valence-corrected chi connectivity index (χ3v) is 5.65. The molecule has 0 fully saturated rings. The Labute approximate surface area is 154 Å². The van der Waals surface area contributed by atoms with Crippen molar-refractivity contribution in [2.24, 2.45) is 0 Å². The molecule has 0 aliphatic heterocycles. The van der Waals surface area contributed by atoms with Crippen molar-refractivity contribution >= 4 is 23.6 Å². The van der Waals surface area contributed by atoms with Crippen LogP contribution in [0.2, 0.25) is 0 Å². The Kier molecular flexibility index (Phi) is 7.35. The molecule has 0 aliphatic rings. The summed E-state index contributed by atoms with van der Waals surface area (Å²) < 4.78 is 5.36. The maximum atomic E-state index is 12.2. The van der Waals surface area contributed by atoms with Crippen molar-refractivity contribution in [1.29, 1.82) is 0 Å². The molecule has 3 rings (SSSR count). The molecule has 0 spiro atoms. The second kappa shape index (κ2) is 9.50. The minimum Gasteiger partial charge on any atom is -0.788 e. The number of benzene rings is 3. The highest BCUT2D eigenvalue weighted by Crippen LogP contribution is 2.37. The van der Waals surface area contributed by atoms with Gasteiger partial charge in [-0.3, -0.25) is 0 Å². The molecule has 0 aliphatic carbocycles. The Bertz CT molecular complexity index is 796. The van der Waals surface area contributed by atoms with Gasteiger partial charge in [-0.1, -0.05) is 90.7 Å². The fourth-order valence-corrected chi connectivity index (χ4v) is 3.73. The molecule has 3 aromatic rings. The van der Waals surface area contributed by atoms with Gasteiger partial charge in [-0.2, -0.15) is 0 Å². The summed E-state index contributed by atoms with van der Waals surface area (Å²) in [5.41, 5.74) is 5.21. The third kappa shape index (κ3) is 6.45. The first-order chi connectivity index (χ1) is 12.0. The van der Waals surface area contributed by atoms with E-state index in [0.29, 0.717) is 17.1 Å². The molecule has 0 saturated heterocycles. The van der Waals surface area contributed by atoms with Gasteiger partial charge in [0.05, 0.1) is 6.49 Å². The Balaban J connectivity index is 0.000000212. The predicted molar refractivity (Wildman–Crippen MR) is 105 cm³/mol. The molecule has 3 aromatic carbocycles. The molecule has 130 valence electrons. The lowest BCUT2D eigenvalue weighted by molar-refractivity contribution is -0.420. The van der Waals surface area contributed by atoms with Gasteiger partial charge in [0.15, 0.2) is 0 Å². The van der Waals surface area contributed by atoms with Crippen LogP contribution in [0.1, 0.15) is 18.5 Å². The highest BCUT2D eigenvalue weighted by molar-refractivity contribution is 8.12. The molecule has 25 heavy (non-hydrogen) atoms. The Morgan fingerprint density at radius 2 is 1.28 bits per heavy atom. The highest BCUT2D eigenvalue weighted by atomic mass is 32.5. The van der Waals surface area contributed by atoms with Crippen LogP contribution in [0.25, 0.3) is 0 Å². The lowest BCUT2D eigenvalue weighted by Gasteiger charge is -2.28. The van der Waals surface area contributed by atoms with Crippen molar-refractivity contribution in [2.45, 2.75) is 13.0 Å². The molecule has 0 saturated carbocycles. The molecule has 0 bridgehead atoms. The molecular weight excluding hydrogens is 349 g/mol. The van der Waals surface area contributed by atoms with E-state index in [-0.39, 0.29) is 0 Å². The van der Waals surface area contributed by atoms with Gasteiger partial charge in [-0.05, 0) is 19.1 Å². The van der Waals surface area contributed by atoms with Crippen LogP contribution >= 0.6 is 6.49 Å². The molecule has 0 amide bonds. The van der Waals surface area contributed by atoms with Crippen LogP contribution in [0, 0.1) is 0 Å². The lowest BCUT2D eigenvalue weighted by Crippen LogP contribution is -2.51. The molecule has 3 N–H and O–H groups in total. The van der Waals surface area contributed by atoms with Crippen LogP contribution in [0.4, 0.5) is 0 Å². The summed E-state index contributed by atoms with van der Waals surface area (Å²) in [6.45, 7) is -1.09. The van der Waals surface area contributed by atoms with Crippen LogP contribution < -0.4 is 20.5 Å². The molecule has 2 atom stereocenters. The van der Waals surface area contributed by atoms with Crippen LogP contribution in [0.15, 0.2) is 91.0 Å². The summed E-state index contributed by atoms with van der Waals surface area (Å²) >= 11 is 5.03. The van der Waals surface area contributed by atoms with Crippen LogP contribution in [0.3, 0.4) is 0 Å². The van der Waals surface area contributed by atoms with Gasteiger partial charge in [-0.25, -0.2) is 0 Å². The van der Waals surface area contributed by atoms with Crippen LogP contribution in [-0.2, 0) is 11.8 Å².